The molecule has 6 heteroatoms. The van der Waals surface area contributed by atoms with Gasteiger partial charge in [-0.15, -0.1) is 0 Å². The zero-order chi connectivity index (χ0) is 13.9. The molecule has 0 saturated heterocycles. The summed E-state index contributed by atoms with van der Waals surface area (Å²) < 4.78 is 1.73. The topological polar surface area (TPSA) is 56.5 Å². The SMILES string of the molecule is Cn1cc(-c2cc(Cl)nc(Cc3ccncc3)n2)cn1. The first-order chi connectivity index (χ1) is 9.70. The molecule has 0 aliphatic rings. The Labute approximate surface area is 121 Å². The molecule has 5 nitrogen and oxygen atoms in total. The quantitative estimate of drug-likeness (QED) is 0.694. The van der Waals surface area contributed by atoms with Gasteiger partial charge in [0, 0.05) is 43.7 Å². The molecule has 3 heterocycles. The maximum atomic E-state index is 6.08. The van der Waals surface area contributed by atoms with E-state index in [4.69, 9.17) is 11.6 Å². The van der Waals surface area contributed by atoms with E-state index in [1.54, 1.807) is 29.3 Å². The lowest BCUT2D eigenvalue weighted by atomic mass is 10.2. The lowest BCUT2D eigenvalue weighted by Gasteiger charge is -2.04. The second-order valence-electron chi connectivity index (χ2n) is 4.43. The van der Waals surface area contributed by atoms with Crippen LogP contribution in [-0.4, -0.2) is 24.7 Å². The van der Waals surface area contributed by atoms with Crippen LogP contribution in [0.1, 0.15) is 11.4 Å². The largest absolute Gasteiger partial charge is 0.275 e. The molecule has 0 saturated carbocycles. The van der Waals surface area contributed by atoms with Crippen LogP contribution in [0.2, 0.25) is 5.15 Å². The number of aryl methyl sites for hydroxylation is 1. The second-order valence-corrected chi connectivity index (χ2v) is 4.81. The molecule has 0 aromatic carbocycles. The fourth-order valence-corrected chi connectivity index (χ4v) is 2.13. The summed E-state index contributed by atoms with van der Waals surface area (Å²) in [6, 6.07) is 5.62. The molecule has 0 atom stereocenters. The van der Waals surface area contributed by atoms with Crippen LogP contribution in [-0.2, 0) is 13.5 Å². The molecule has 0 spiro atoms. The lowest BCUT2D eigenvalue weighted by molar-refractivity contribution is 0.768. The van der Waals surface area contributed by atoms with E-state index in [0.717, 1.165) is 16.8 Å². The summed E-state index contributed by atoms with van der Waals surface area (Å²) in [5.41, 5.74) is 2.80. The van der Waals surface area contributed by atoms with Gasteiger partial charge in [-0.2, -0.15) is 5.10 Å². The van der Waals surface area contributed by atoms with Gasteiger partial charge in [0.25, 0.3) is 0 Å². The van der Waals surface area contributed by atoms with Gasteiger partial charge in [0.2, 0.25) is 0 Å². The molecule has 0 amide bonds. The second kappa shape index (κ2) is 5.38. The fourth-order valence-electron chi connectivity index (χ4n) is 1.93. The molecule has 0 fully saturated rings. The number of pyridine rings is 1. The Kier molecular flexibility index (Phi) is 3.43. The fraction of sp³-hybridized carbons (Fsp3) is 0.143. The summed E-state index contributed by atoms with van der Waals surface area (Å²) in [5.74, 6) is 0.683. The third-order valence-corrected chi connectivity index (χ3v) is 3.05. The van der Waals surface area contributed by atoms with Crippen LogP contribution >= 0.6 is 11.6 Å². The normalized spacial score (nSPS) is 10.7. The van der Waals surface area contributed by atoms with Gasteiger partial charge in [-0.25, -0.2) is 9.97 Å². The maximum absolute atomic E-state index is 6.08. The van der Waals surface area contributed by atoms with Gasteiger partial charge in [-0.1, -0.05) is 11.6 Å². The minimum Gasteiger partial charge on any atom is -0.275 e. The van der Waals surface area contributed by atoms with Crippen LogP contribution in [0.4, 0.5) is 0 Å². The van der Waals surface area contributed by atoms with Gasteiger partial charge in [-0.05, 0) is 17.7 Å². The summed E-state index contributed by atoms with van der Waals surface area (Å²) in [4.78, 5) is 12.8. The number of nitrogens with zero attached hydrogens (tertiary/aromatic N) is 5. The molecule has 0 N–H and O–H groups in total. The lowest BCUT2D eigenvalue weighted by Crippen LogP contribution is -1.98. The molecular formula is C14H12ClN5. The highest BCUT2D eigenvalue weighted by molar-refractivity contribution is 6.29. The average molecular weight is 286 g/mol. The van der Waals surface area contributed by atoms with E-state index in [-0.39, 0.29) is 0 Å². The first-order valence-electron chi connectivity index (χ1n) is 6.12. The Morgan fingerprint density at radius 2 is 2.00 bits per heavy atom. The predicted molar refractivity (Wildman–Crippen MR) is 76.3 cm³/mol. The summed E-state index contributed by atoms with van der Waals surface area (Å²) in [7, 11) is 1.87. The number of rotatable bonds is 3. The molecule has 0 radical (unpaired) electrons. The minimum atomic E-state index is 0.433. The Morgan fingerprint density at radius 3 is 2.70 bits per heavy atom. The summed E-state index contributed by atoms with van der Waals surface area (Å²) in [6.07, 6.45) is 7.78. The molecule has 3 aromatic rings. The van der Waals surface area contributed by atoms with E-state index < -0.39 is 0 Å². The van der Waals surface area contributed by atoms with Crippen molar-refractivity contribution in [2.45, 2.75) is 6.42 Å². The summed E-state index contributed by atoms with van der Waals surface area (Å²) in [6.45, 7) is 0. The average Bonchev–Trinajstić information content (AvgIpc) is 2.86. The van der Waals surface area contributed by atoms with E-state index in [2.05, 4.69) is 20.1 Å². The number of hydrogen-bond acceptors (Lipinski definition) is 4. The molecule has 100 valence electrons. The van der Waals surface area contributed by atoms with Gasteiger partial charge >= 0.3 is 0 Å². The zero-order valence-electron chi connectivity index (χ0n) is 10.9. The van der Waals surface area contributed by atoms with Gasteiger partial charge < -0.3 is 0 Å². The molecule has 20 heavy (non-hydrogen) atoms. The van der Waals surface area contributed by atoms with Crippen molar-refractivity contribution in [2.24, 2.45) is 7.05 Å². The molecule has 0 bridgehead atoms. The highest BCUT2D eigenvalue weighted by Gasteiger charge is 2.08. The van der Waals surface area contributed by atoms with Crippen molar-refractivity contribution >= 4 is 11.6 Å². The number of hydrogen-bond donors (Lipinski definition) is 0. The van der Waals surface area contributed by atoms with Crippen LogP contribution in [0.5, 0.6) is 0 Å². The van der Waals surface area contributed by atoms with E-state index >= 15 is 0 Å². The standard InChI is InChI=1S/C14H12ClN5/c1-20-9-11(8-17-20)12-7-13(15)19-14(18-12)6-10-2-4-16-5-3-10/h2-5,7-9H,6H2,1H3. The number of halogens is 1. The molecule has 3 aromatic heterocycles. The molecule has 0 unspecified atom stereocenters. The molecular weight excluding hydrogens is 274 g/mol. The van der Waals surface area contributed by atoms with Crippen molar-refractivity contribution in [2.75, 3.05) is 0 Å². The zero-order valence-corrected chi connectivity index (χ0v) is 11.6. The third kappa shape index (κ3) is 2.83. The summed E-state index contributed by atoms with van der Waals surface area (Å²) in [5, 5.41) is 4.57. The van der Waals surface area contributed by atoms with Crippen LogP contribution in [0, 0.1) is 0 Å². The van der Waals surface area contributed by atoms with Crippen LogP contribution < -0.4 is 0 Å². The Morgan fingerprint density at radius 1 is 1.20 bits per heavy atom. The van der Waals surface area contributed by atoms with Gasteiger partial charge in [-0.3, -0.25) is 9.67 Å². The van der Waals surface area contributed by atoms with Crippen molar-refractivity contribution in [1.82, 2.24) is 24.7 Å². The Bertz CT molecular complexity index is 723. The first kappa shape index (κ1) is 12.7. The van der Waals surface area contributed by atoms with Gasteiger partial charge in [0.05, 0.1) is 11.9 Å². The predicted octanol–water partition coefficient (Wildman–Crippen LogP) is 2.52. The summed E-state index contributed by atoms with van der Waals surface area (Å²) >= 11 is 6.08. The molecule has 3 rings (SSSR count). The van der Waals surface area contributed by atoms with E-state index in [1.165, 1.54) is 0 Å². The highest BCUT2D eigenvalue weighted by atomic mass is 35.5. The van der Waals surface area contributed by atoms with Crippen molar-refractivity contribution in [1.29, 1.82) is 0 Å². The van der Waals surface area contributed by atoms with Gasteiger partial charge in [0.1, 0.15) is 11.0 Å². The monoisotopic (exact) mass is 285 g/mol. The maximum Gasteiger partial charge on any atom is 0.135 e. The van der Waals surface area contributed by atoms with Crippen molar-refractivity contribution in [3.63, 3.8) is 0 Å². The Hall–Kier alpha value is -2.27. The number of aromatic nitrogens is 5. The van der Waals surface area contributed by atoms with Crippen molar-refractivity contribution in [3.05, 3.63) is 59.5 Å². The smallest absolute Gasteiger partial charge is 0.135 e. The van der Waals surface area contributed by atoms with E-state index in [0.29, 0.717) is 17.4 Å². The van der Waals surface area contributed by atoms with Crippen LogP contribution in [0.15, 0.2) is 43.0 Å². The Balaban J connectivity index is 1.95. The van der Waals surface area contributed by atoms with Gasteiger partial charge in [0.15, 0.2) is 0 Å². The van der Waals surface area contributed by atoms with Crippen molar-refractivity contribution < 1.29 is 0 Å². The third-order valence-electron chi connectivity index (χ3n) is 2.85. The van der Waals surface area contributed by atoms with E-state index in [1.807, 2.05) is 25.4 Å². The van der Waals surface area contributed by atoms with E-state index in [9.17, 15) is 0 Å². The molecule has 0 aliphatic heterocycles. The van der Waals surface area contributed by atoms with Crippen molar-refractivity contribution in [3.8, 4) is 11.3 Å². The first-order valence-corrected chi connectivity index (χ1v) is 6.50. The van der Waals surface area contributed by atoms with Crippen LogP contribution in [0.3, 0.4) is 0 Å². The minimum absolute atomic E-state index is 0.433. The molecule has 0 aliphatic carbocycles. The highest BCUT2D eigenvalue weighted by Crippen LogP contribution is 2.20. The van der Waals surface area contributed by atoms with Crippen LogP contribution in [0.25, 0.3) is 11.3 Å².